The Morgan fingerprint density at radius 3 is 2.00 bits per heavy atom. The van der Waals surface area contributed by atoms with Gasteiger partial charge in [0.15, 0.2) is 0 Å². The second-order valence-corrected chi connectivity index (χ2v) is 2.57. The standard InChI is InChI=1S/C7H12O3.H2O3S/c1-3-6(8)5-7(9)10-4-2;1-4(2)3/h3-5H2,1-2H3;(H2,1,2,3). The monoisotopic (exact) mass is 226 g/mol. The number of rotatable bonds is 4. The molecule has 84 valence electrons. The molecule has 7 heteroatoms. The summed E-state index contributed by atoms with van der Waals surface area (Å²) in [5, 5.41) is 0. The Morgan fingerprint density at radius 2 is 1.71 bits per heavy atom. The first kappa shape index (κ1) is 15.7. The summed E-state index contributed by atoms with van der Waals surface area (Å²) in [6, 6.07) is 0. The first-order valence-electron chi connectivity index (χ1n) is 3.91. The van der Waals surface area contributed by atoms with Crippen molar-refractivity contribution in [2.75, 3.05) is 6.61 Å². The van der Waals surface area contributed by atoms with Crippen LogP contribution in [0.1, 0.15) is 26.7 Å². The van der Waals surface area contributed by atoms with Gasteiger partial charge in [0.25, 0.3) is 11.4 Å². The average molecular weight is 226 g/mol. The van der Waals surface area contributed by atoms with Crippen LogP contribution in [0.5, 0.6) is 0 Å². The average Bonchev–Trinajstić information content (AvgIpc) is 2.03. The molecule has 0 atom stereocenters. The van der Waals surface area contributed by atoms with Crippen LogP contribution in [-0.4, -0.2) is 31.7 Å². The first-order valence-corrected chi connectivity index (χ1v) is 4.97. The Bertz CT molecular complexity index is 198. The Hall–Kier alpha value is -0.790. The van der Waals surface area contributed by atoms with Crippen LogP contribution in [0, 0.1) is 0 Å². The van der Waals surface area contributed by atoms with E-state index in [1.807, 2.05) is 0 Å². The van der Waals surface area contributed by atoms with Crippen LogP contribution in [0.4, 0.5) is 0 Å². The van der Waals surface area contributed by atoms with Gasteiger partial charge >= 0.3 is 5.97 Å². The van der Waals surface area contributed by atoms with Crippen molar-refractivity contribution in [3.05, 3.63) is 0 Å². The number of ketones is 1. The SMILES string of the molecule is CCOC(=O)CC(=O)CC.O=S(O)O. The molecule has 0 spiro atoms. The minimum absolute atomic E-state index is 0.0709. The Balaban J connectivity index is 0. The van der Waals surface area contributed by atoms with E-state index in [4.69, 9.17) is 13.3 Å². The molecule has 0 saturated carbocycles. The van der Waals surface area contributed by atoms with Crippen LogP contribution >= 0.6 is 0 Å². The van der Waals surface area contributed by atoms with Gasteiger partial charge < -0.3 is 4.74 Å². The van der Waals surface area contributed by atoms with Crippen LogP contribution in [0.25, 0.3) is 0 Å². The Labute approximate surface area is 84.8 Å². The van der Waals surface area contributed by atoms with E-state index in [0.717, 1.165) is 0 Å². The third-order valence-corrected chi connectivity index (χ3v) is 1.04. The molecule has 2 N–H and O–H groups in total. The molecular formula is C7H14O6S. The first-order chi connectivity index (χ1) is 6.43. The fourth-order valence-corrected chi connectivity index (χ4v) is 0.498. The molecule has 0 aliphatic rings. The lowest BCUT2D eigenvalue weighted by Crippen LogP contribution is -2.09. The normalized spacial score (nSPS) is 8.93. The second kappa shape index (κ2) is 10.3. The highest BCUT2D eigenvalue weighted by Gasteiger charge is 2.06. The zero-order valence-electron chi connectivity index (χ0n) is 8.06. The van der Waals surface area contributed by atoms with Crippen LogP contribution in [0.3, 0.4) is 0 Å². The molecule has 6 nitrogen and oxygen atoms in total. The van der Waals surface area contributed by atoms with Crippen molar-refractivity contribution in [2.24, 2.45) is 0 Å². The van der Waals surface area contributed by atoms with Crippen molar-refractivity contribution >= 4 is 23.1 Å². The van der Waals surface area contributed by atoms with E-state index in [1.165, 1.54) is 0 Å². The van der Waals surface area contributed by atoms with Crippen LogP contribution in [-0.2, 0) is 25.7 Å². The molecule has 0 aromatic rings. The van der Waals surface area contributed by atoms with Crippen molar-refractivity contribution in [3.8, 4) is 0 Å². The molecule has 0 aromatic carbocycles. The molecule has 0 aromatic heterocycles. The van der Waals surface area contributed by atoms with Crippen molar-refractivity contribution in [2.45, 2.75) is 26.7 Å². The summed E-state index contributed by atoms with van der Waals surface area (Å²) in [6.07, 6.45) is 0.323. The zero-order valence-corrected chi connectivity index (χ0v) is 8.87. The molecule has 0 aliphatic carbocycles. The summed E-state index contributed by atoms with van der Waals surface area (Å²) in [4.78, 5) is 21.2. The maximum atomic E-state index is 10.6. The van der Waals surface area contributed by atoms with Gasteiger partial charge in [-0.2, -0.15) is 4.21 Å². The fourth-order valence-electron chi connectivity index (χ4n) is 0.498. The molecular weight excluding hydrogens is 212 g/mol. The Morgan fingerprint density at radius 1 is 1.29 bits per heavy atom. The van der Waals surface area contributed by atoms with Crippen LogP contribution < -0.4 is 0 Å². The summed E-state index contributed by atoms with van der Waals surface area (Å²) in [5.41, 5.74) is 0. The quantitative estimate of drug-likeness (QED) is 0.413. The summed E-state index contributed by atoms with van der Waals surface area (Å²) in [7, 11) is 0. The lowest BCUT2D eigenvalue weighted by atomic mass is 10.2. The van der Waals surface area contributed by atoms with Crippen LogP contribution in [0.2, 0.25) is 0 Å². The van der Waals surface area contributed by atoms with Gasteiger partial charge in [0, 0.05) is 6.42 Å². The third kappa shape index (κ3) is 17.3. The van der Waals surface area contributed by atoms with E-state index in [1.54, 1.807) is 13.8 Å². The summed E-state index contributed by atoms with van der Waals surface area (Å²) >= 11 is -2.61. The number of hydrogen-bond donors (Lipinski definition) is 2. The zero-order chi connectivity index (χ0) is 11.6. The van der Waals surface area contributed by atoms with Gasteiger partial charge in [-0.15, -0.1) is 0 Å². The number of ether oxygens (including phenoxy) is 1. The summed E-state index contributed by atoms with van der Waals surface area (Å²) in [6.45, 7) is 3.78. The van der Waals surface area contributed by atoms with Gasteiger partial charge in [-0.1, -0.05) is 6.92 Å². The topological polar surface area (TPSA) is 101 Å². The highest BCUT2D eigenvalue weighted by atomic mass is 32.2. The van der Waals surface area contributed by atoms with Crippen molar-refractivity contribution < 1.29 is 27.6 Å². The van der Waals surface area contributed by atoms with E-state index in [9.17, 15) is 9.59 Å². The highest BCUT2D eigenvalue weighted by Crippen LogP contribution is 1.91. The van der Waals surface area contributed by atoms with Gasteiger partial charge in [-0.05, 0) is 6.92 Å². The number of esters is 1. The van der Waals surface area contributed by atoms with Gasteiger partial charge in [-0.3, -0.25) is 18.7 Å². The van der Waals surface area contributed by atoms with E-state index in [2.05, 4.69) is 4.74 Å². The minimum Gasteiger partial charge on any atom is -0.466 e. The predicted molar refractivity (Wildman–Crippen MR) is 49.9 cm³/mol. The number of carbonyl (C=O) groups is 2. The lowest BCUT2D eigenvalue weighted by Gasteiger charge is -1.97. The van der Waals surface area contributed by atoms with Crippen molar-refractivity contribution in [3.63, 3.8) is 0 Å². The van der Waals surface area contributed by atoms with Gasteiger partial charge in [-0.25, -0.2) is 0 Å². The number of hydrogen-bond acceptors (Lipinski definition) is 4. The largest absolute Gasteiger partial charge is 0.466 e. The third-order valence-electron chi connectivity index (χ3n) is 1.04. The molecule has 0 amide bonds. The molecule has 0 heterocycles. The van der Waals surface area contributed by atoms with Crippen molar-refractivity contribution in [1.29, 1.82) is 0 Å². The summed E-state index contributed by atoms with van der Waals surface area (Å²) < 4.78 is 27.4. The number of Topliss-reactive ketones (excluding diaryl/α,β-unsaturated/α-hetero) is 1. The van der Waals surface area contributed by atoms with Crippen molar-refractivity contribution in [1.82, 2.24) is 0 Å². The second-order valence-electron chi connectivity index (χ2n) is 2.10. The maximum Gasteiger partial charge on any atom is 0.313 e. The molecule has 0 saturated heterocycles. The lowest BCUT2D eigenvalue weighted by molar-refractivity contribution is -0.145. The smallest absolute Gasteiger partial charge is 0.313 e. The van der Waals surface area contributed by atoms with Gasteiger partial charge in [0.1, 0.15) is 12.2 Å². The minimum atomic E-state index is -2.61. The van der Waals surface area contributed by atoms with Gasteiger partial charge in [0.2, 0.25) is 0 Å². The Kier molecular flexibility index (Phi) is 11.5. The molecule has 0 unspecified atom stereocenters. The van der Waals surface area contributed by atoms with E-state index in [0.29, 0.717) is 13.0 Å². The maximum absolute atomic E-state index is 10.6. The molecule has 0 aliphatic heterocycles. The van der Waals surface area contributed by atoms with E-state index >= 15 is 0 Å². The molecule has 0 rings (SSSR count). The summed E-state index contributed by atoms with van der Waals surface area (Å²) in [5.74, 6) is -0.493. The van der Waals surface area contributed by atoms with E-state index in [-0.39, 0.29) is 12.2 Å². The highest BCUT2D eigenvalue weighted by molar-refractivity contribution is 7.73. The molecule has 14 heavy (non-hydrogen) atoms. The predicted octanol–water partition coefficient (Wildman–Crippen LogP) is 0.600. The molecule has 0 radical (unpaired) electrons. The van der Waals surface area contributed by atoms with Gasteiger partial charge in [0.05, 0.1) is 6.61 Å². The van der Waals surface area contributed by atoms with Crippen LogP contribution in [0.15, 0.2) is 0 Å². The molecule has 0 fully saturated rings. The molecule has 0 bridgehead atoms. The fraction of sp³-hybridized carbons (Fsp3) is 0.714. The number of carbonyl (C=O) groups excluding carboxylic acids is 2. The van der Waals surface area contributed by atoms with E-state index < -0.39 is 17.3 Å².